The fraction of sp³-hybridized carbons (Fsp3) is 0.562. The number of ether oxygens (including phenoxy) is 1. The fourth-order valence-corrected chi connectivity index (χ4v) is 2.04. The molecule has 0 amide bonds. The molecule has 3 nitrogen and oxygen atoms in total. The molecule has 3 heteroatoms. The van der Waals surface area contributed by atoms with Gasteiger partial charge in [-0.15, -0.1) is 0 Å². The van der Waals surface area contributed by atoms with Gasteiger partial charge in [0, 0.05) is 11.5 Å². The predicted molar refractivity (Wildman–Crippen MR) is 77.9 cm³/mol. The molecule has 1 aromatic rings. The van der Waals surface area contributed by atoms with Crippen LogP contribution in [0.4, 0.5) is 0 Å². The van der Waals surface area contributed by atoms with Crippen LogP contribution in [0.5, 0.6) is 5.75 Å². The Balaban J connectivity index is 2.82. The second-order valence-electron chi connectivity index (χ2n) is 5.96. The van der Waals surface area contributed by atoms with E-state index >= 15 is 0 Å². The van der Waals surface area contributed by atoms with Gasteiger partial charge >= 0.3 is 0 Å². The molecule has 104 valence electrons. The van der Waals surface area contributed by atoms with Gasteiger partial charge in [-0.05, 0) is 24.1 Å². The number of hydrogen-bond donors (Lipinski definition) is 1. The summed E-state index contributed by atoms with van der Waals surface area (Å²) in [5.74, 6) is 0.811. The van der Waals surface area contributed by atoms with E-state index in [1.807, 2.05) is 24.3 Å². The second-order valence-corrected chi connectivity index (χ2v) is 5.96. The third kappa shape index (κ3) is 4.57. The molecule has 2 atom stereocenters. The van der Waals surface area contributed by atoms with Gasteiger partial charge in [-0.25, -0.2) is 0 Å². The highest BCUT2D eigenvalue weighted by atomic mass is 16.5. The quantitative estimate of drug-likeness (QED) is 0.883. The first kappa shape index (κ1) is 15.5. The minimum absolute atomic E-state index is 0.0128. The van der Waals surface area contributed by atoms with Crippen molar-refractivity contribution in [3.05, 3.63) is 29.8 Å². The SMILES string of the molecule is CCC(N)C(Oc1ccc(CC#N)cc1)C(C)(C)C. The molecule has 0 saturated heterocycles. The Morgan fingerprint density at radius 3 is 2.26 bits per heavy atom. The Hall–Kier alpha value is -1.53. The Kier molecular flexibility index (Phi) is 5.38. The van der Waals surface area contributed by atoms with Gasteiger partial charge in [-0.3, -0.25) is 0 Å². The summed E-state index contributed by atoms with van der Waals surface area (Å²) in [6.07, 6.45) is 1.28. The van der Waals surface area contributed by atoms with E-state index in [0.29, 0.717) is 6.42 Å². The molecule has 0 aliphatic carbocycles. The van der Waals surface area contributed by atoms with Crippen LogP contribution in [0.3, 0.4) is 0 Å². The van der Waals surface area contributed by atoms with E-state index in [0.717, 1.165) is 17.7 Å². The lowest BCUT2D eigenvalue weighted by molar-refractivity contribution is 0.0621. The number of nitrogens with zero attached hydrogens (tertiary/aromatic N) is 1. The summed E-state index contributed by atoms with van der Waals surface area (Å²) in [6.45, 7) is 8.48. The molecule has 0 heterocycles. The van der Waals surface area contributed by atoms with E-state index in [-0.39, 0.29) is 17.6 Å². The minimum Gasteiger partial charge on any atom is -0.488 e. The van der Waals surface area contributed by atoms with Crippen molar-refractivity contribution >= 4 is 0 Å². The van der Waals surface area contributed by atoms with E-state index in [9.17, 15) is 0 Å². The average molecular weight is 260 g/mol. The highest BCUT2D eigenvalue weighted by molar-refractivity contribution is 5.29. The van der Waals surface area contributed by atoms with E-state index < -0.39 is 0 Å². The lowest BCUT2D eigenvalue weighted by Gasteiger charge is -2.35. The average Bonchev–Trinajstić information content (AvgIpc) is 2.36. The summed E-state index contributed by atoms with van der Waals surface area (Å²) in [7, 11) is 0. The summed E-state index contributed by atoms with van der Waals surface area (Å²) >= 11 is 0. The molecule has 0 fully saturated rings. The highest BCUT2D eigenvalue weighted by Crippen LogP contribution is 2.27. The molecule has 0 aliphatic rings. The fourth-order valence-electron chi connectivity index (χ4n) is 2.04. The van der Waals surface area contributed by atoms with Crippen molar-refractivity contribution in [2.24, 2.45) is 11.1 Å². The first-order valence-corrected chi connectivity index (χ1v) is 6.76. The van der Waals surface area contributed by atoms with Crippen LogP contribution in [0.25, 0.3) is 0 Å². The second kappa shape index (κ2) is 6.58. The van der Waals surface area contributed by atoms with Crippen molar-refractivity contribution in [1.82, 2.24) is 0 Å². The van der Waals surface area contributed by atoms with E-state index in [2.05, 4.69) is 33.8 Å². The van der Waals surface area contributed by atoms with Gasteiger partial charge in [0.2, 0.25) is 0 Å². The predicted octanol–water partition coefficient (Wildman–Crippen LogP) is 3.28. The molecule has 19 heavy (non-hydrogen) atoms. The number of rotatable bonds is 5. The van der Waals surface area contributed by atoms with Crippen LogP contribution in [0.2, 0.25) is 0 Å². The first-order valence-electron chi connectivity index (χ1n) is 6.76. The molecule has 0 spiro atoms. The zero-order valence-electron chi connectivity index (χ0n) is 12.3. The molecule has 2 unspecified atom stereocenters. The lowest BCUT2D eigenvalue weighted by atomic mass is 9.84. The van der Waals surface area contributed by atoms with Crippen molar-refractivity contribution in [1.29, 1.82) is 5.26 Å². The van der Waals surface area contributed by atoms with Gasteiger partial charge in [0.25, 0.3) is 0 Å². The van der Waals surface area contributed by atoms with Gasteiger partial charge in [0.05, 0.1) is 12.5 Å². The molecule has 1 rings (SSSR count). The zero-order valence-corrected chi connectivity index (χ0v) is 12.3. The Bertz CT molecular complexity index is 426. The van der Waals surface area contributed by atoms with Crippen LogP contribution in [0.15, 0.2) is 24.3 Å². The Labute approximate surface area is 116 Å². The van der Waals surface area contributed by atoms with Crippen LogP contribution in [-0.4, -0.2) is 12.1 Å². The van der Waals surface area contributed by atoms with Crippen molar-refractivity contribution in [3.8, 4) is 11.8 Å². The van der Waals surface area contributed by atoms with Crippen molar-refractivity contribution < 1.29 is 4.74 Å². The number of nitrogens with two attached hydrogens (primary N) is 1. The van der Waals surface area contributed by atoms with Gasteiger partial charge in [-0.2, -0.15) is 5.26 Å². The molecule has 0 bridgehead atoms. The van der Waals surface area contributed by atoms with E-state index in [1.165, 1.54) is 0 Å². The monoisotopic (exact) mass is 260 g/mol. The summed E-state index contributed by atoms with van der Waals surface area (Å²) in [5, 5.41) is 8.65. The molecule has 0 aliphatic heterocycles. The zero-order chi connectivity index (χ0) is 14.5. The highest BCUT2D eigenvalue weighted by Gasteiger charge is 2.31. The van der Waals surface area contributed by atoms with E-state index in [4.69, 9.17) is 15.7 Å². The van der Waals surface area contributed by atoms with Crippen LogP contribution in [-0.2, 0) is 6.42 Å². The molecule has 0 saturated carbocycles. The normalized spacial score (nSPS) is 14.5. The van der Waals surface area contributed by atoms with Crippen LogP contribution in [0.1, 0.15) is 39.7 Å². The number of hydrogen-bond acceptors (Lipinski definition) is 3. The maximum absolute atomic E-state index is 8.65. The molecule has 0 radical (unpaired) electrons. The number of benzene rings is 1. The standard InChI is InChI=1S/C16H24N2O/c1-5-14(18)15(16(2,3)4)19-13-8-6-12(7-9-13)10-11-17/h6-9,14-15H,5,10,18H2,1-4H3. The Morgan fingerprint density at radius 1 is 1.26 bits per heavy atom. The van der Waals surface area contributed by atoms with Crippen LogP contribution < -0.4 is 10.5 Å². The lowest BCUT2D eigenvalue weighted by Crippen LogP contribution is -2.47. The van der Waals surface area contributed by atoms with Gasteiger partial charge in [0.15, 0.2) is 0 Å². The van der Waals surface area contributed by atoms with Gasteiger partial charge in [-0.1, -0.05) is 39.8 Å². The third-order valence-electron chi connectivity index (χ3n) is 3.18. The van der Waals surface area contributed by atoms with Gasteiger partial charge in [0.1, 0.15) is 11.9 Å². The van der Waals surface area contributed by atoms with Crippen molar-refractivity contribution in [2.75, 3.05) is 0 Å². The Morgan fingerprint density at radius 2 is 1.84 bits per heavy atom. The maximum Gasteiger partial charge on any atom is 0.119 e. The van der Waals surface area contributed by atoms with Crippen LogP contribution >= 0.6 is 0 Å². The molecular weight excluding hydrogens is 236 g/mol. The summed E-state index contributed by atoms with van der Waals surface area (Å²) in [6, 6.07) is 9.82. The molecule has 1 aromatic carbocycles. The van der Waals surface area contributed by atoms with Gasteiger partial charge < -0.3 is 10.5 Å². The van der Waals surface area contributed by atoms with Crippen molar-refractivity contribution in [3.63, 3.8) is 0 Å². The summed E-state index contributed by atoms with van der Waals surface area (Å²) < 4.78 is 6.06. The minimum atomic E-state index is -0.0284. The molecule has 0 aromatic heterocycles. The molecular formula is C16H24N2O. The smallest absolute Gasteiger partial charge is 0.119 e. The van der Waals surface area contributed by atoms with Crippen molar-refractivity contribution in [2.45, 2.75) is 52.7 Å². The topological polar surface area (TPSA) is 59.0 Å². The summed E-state index contributed by atoms with van der Waals surface area (Å²) in [4.78, 5) is 0. The van der Waals surface area contributed by atoms with E-state index in [1.54, 1.807) is 0 Å². The molecule has 2 N–H and O–H groups in total. The maximum atomic E-state index is 8.65. The van der Waals surface area contributed by atoms with Crippen LogP contribution in [0, 0.1) is 16.7 Å². The largest absolute Gasteiger partial charge is 0.488 e. The number of nitriles is 1. The third-order valence-corrected chi connectivity index (χ3v) is 3.18. The summed E-state index contributed by atoms with van der Waals surface area (Å²) in [5.41, 5.74) is 7.15. The first-order chi connectivity index (χ1) is 8.88.